The summed E-state index contributed by atoms with van der Waals surface area (Å²) in [7, 11) is 0. The Morgan fingerprint density at radius 3 is 2.37 bits per heavy atom. The summed E-state index contributed by atoms with van der Waals surface area (Å²) in [6.07, 6.45) is 3.45. The number of hydrogen-bond donors (Lipinski definition) is 1. The molecule has 1 saturated heterocycles. The van der Waals surface area contributed by atoms with Crippen LogP contribution in [0.4, 0.5) is 5.69 Å². The SMILES string of the molecule is C[C@@H](OC(=O)CSCC(=O)Nc1ccc(Cl)cc1)C(=O)N1CCCCCC1. The van der Waals surface area contributed by atoms with Crippen molar-refractivity contribution >= 4 is 46.8 Å². The van der Waals surface area contributed by atoms with E-state index in [-0.39, 0.29) is 23.3 Å². The Balaban J connectivity index is 1.66. The van der Waals surface area contributed by atoms with Crippen LogP contribution < -0.4 is 5.32 Å². The van der Waals surface area contributed by atoms with Crippen molar-refractivity contribution in [3.8, 4) is 0 Å². The topological polar surface area (TPSA) is 75.7 Å². The highest BCUT2D eigenvalue weighted by Crippen LogP contribution is 2.14. The van der Waals surface area contributed by atoms with E-state index in [1.165, 1.54) is 0 Å². The van der Waals surface area contributed by atoms with Crippen LogP contribution in [-0.4, -0.2) is 53.4 Å². The molecule has 0 unspecified atom stereocenters. The average molecular weight is 413 g/mol. The molecule has 8 heteroatoms. The second kappa shape index (κ2) is 11.2. The van der Waals surface area contributed by atoms with Crippen LogP contribution in [0.15, 0.2) is 24.3 Å². The first-order valence-electron chi connectivity index (χ1n) is 9.07. The molecular weight excluding hydrogens is 388 g/mol. The molecule has 1 fully saturated rings. The number of halogens is 1. The maximum Gasteiger partial charge on any atom is 0.316 e. The summed E-state index contributed by atoms with van der Waals surface area (Å²) >= 11 is 6.94. The lowest BCUT2D eigenvalue weighted by atomic mass is 10.2. The second-order valence-electron chi connectivity index (χ2n) is 6.42. The van der Waals surface area contributed by atoms with Crippen LogP contribution in [0.2, 0.25) is 5.02 Å². The molecule has 6 nitrogen and oxygen atoms in total. The molecule has 2 amide bonds. The maximum atomic E-state index is 12.4. The van der Waals surface area contributed by atoms with Gasteiger partial charge in [0.1, 0.15) is 0 Å². The van der Waals surface area contributed by atoms with Crippen molar-refractivity contribution in [2.45, 2.75) is 38.7 Å². The summed E-state index contributed by atoms with van der Waals surface area (Å²) in [5, 5.41) is 3.31. The van der Waals surface area contributed by atoms with Crippen LogP contribution >= 0.6 is 23.4 Å². The van der Waals surface area contributed by atoms with Gasteiger partial charge in [-0.05, 0) is 44.0 Å². The number of nitrogens with zero attached hydrogens (tertiary/aromatic N) is 1. The number of rotatable bonds is 7. The Morgan fingerprint density at radius 1 is 1.11 bits per heavy atom. The molecule has 1 aliphatic rings. The summed E-state index contributed by atoms with van der Waals surface area (Å²) in [5.74, 6) is -0.716. The van der Waals surface area contributed by atoms with Crippen molar-refractivity contribution in [2.75, 3.05) is 29.9 Å². The van der Waals surface area contributed by atoms with Crippen LogP contribution in [0, 0.1) is 0 Å². The Bertz CT molecular complexity index is 646. The third kappa shape index (κ3) is 7.81. The monoisotopic (exact) mass is 412 g/mol. The fourth-order valence-corrected chi connectivity index (χ4v) is 3.51. The molecule has 148 valence electrons. The predicted molar refractivity (Wildman–Crippen MR) is 108 cm³/mol. The summed E-state index contributed by atoms with van der Waals surface area (Å²) < 4.78 is 5.22. The summed E-state index contributed by atoms with van der Waals surface area (Å²) in [5.41, 5.74) is 0.643. The molecular formula is C19H25ClN2O4S. The molecule has 0 radical (unpaired) electrons. The fourth-order valence-electron chi connectivity index (χ4n) is 2.79. The molecule has 27 heavy (non-hydrogen) atoms. The highest BCUT2D eigenvalue weighted by Gasteiger charge is 2.24. The van der Waals surface area contributed by atoms with Crippen molar-refractivity contribution in [1.82, 2.24) is 4.90 Å². The lowest BCUT2D eigenvalue weighted by molar-refractivity contribution is -0.157. The first-order chi connectivity index (χ1) is 13.0. The molecule has 1 aromatic carbocycles. The van der Waals surface area contributed by atoms with Crippen molar-refractivity contribution in [3.63, 3.8) is 0 Å². The number of anilines is 1. The second-order valence-corrected chi connectivity index (χ2v) is 7.84. The Hall–Kier alpha value is -1.73. The maximum absolute atomic E-state index is 12.4. The Morgan fingerprint density at radius 2 is 1.74 bits per heavy atom. The number of ether oxygens (including phenoxy) is 1. The van der Waals surface area contributed by atoms with Crippen LogP contribution in [0.1, 0.15) is 32.6 Å². The van der Waals surface area contributed by atoms with Gasteiger partial charge in [-0.1, -0.05) is 24.4 Å². The zero-order chi connectivity index (χ0) is 19.6. The van der Waals surface area contributed by atoms with E-state index in [0.717, 1.165) is 50.5 Å². The normalized spacial score (nSPS) is 15.6. The molecule has 0 spiro atoms. The van der Waals surface area contributed by atoms with E-state index in [0.29, 0.717) is 10.7 Å². The summed E-state index contributed by atoms with van der Waals surface area (Å²) in [6, 6.07) is 6.78. The first kappa shape index (κ1) is 21.6. The van der Waals surface area contributed by atoms with Crippen molar-refractivity contribution < 1.29 is 19.1 Å². The van der Waals surface area contributed by atoms with E-state index in [1.807, 2.05) is 0 Å². The number of amides is 2. The third-order valence-corrected chi connectivity index (χ3v) is 5.31. The highest BCUT2D eigenvalue weighted by atomic mass is 35.5. The third-order valence-electron chi connectivity index (χ3n) is 4.15. The van der Waals surface area contributed by atoms with E-state index in [1.54, 1.807) is 36.1 Å². The van der Waals surface area contributed by atoms with Gasteiger partial charge in [-0.25, -0.2) is 0 Å². The quantitative estimate of drug-likeness (QED) is 0.695. The van der Waals surface area contributed by atoms with Crippen molar-refractivity contribution in [2.24, 2.45) is 0 Å². The predicted octanol–water partition coefficient (Wildman–Crippen LogP) is 3.35. The zero-order valence-corrected chi connectivity index (χ0v) is 17.0. The van der Waals surface area contributed by atoms with Crippen molar-refractivity contribution in [3.05, 3.63) is 29.3 Å². The number of benzene rings is 1. The molecule has 2 rings (SSSR count). The molecule has 0 bridgehead atoms. The molecule has 0 saturated carbocycles. The van der Waals surface area contributed by atoms with E-state index in [4.69, 9.17) is 16.3 Å². The molecule has 1 N–H and O–H groups in total. The molecule has 0 aromatic heterocycles. The molecule has 1 aromatic rings. The van der Waals surface area contributed by atoms with E-state index >= 15 is 0 Å². The number of hydrogen-bond acceptors (Lipinski definition) is 5. The minimum Gasteiger partial charge on any atom is -0.452 e. The number of thioether (sulfide) groups is 1. The lowest BCUT2D eigenvalue weighted by Gasteiger charge is -2.23. The van der Waals surface area contributed by atoms with Gasteiger partial charge in [-0.15, -0.1) is 11.8 Å². The van der Waals surface area contributed by atoms with Crippen LogP contribution in [0.5, 0.6) is 0 Å². The van der Waals surface area contributed by atoms with Gasteiger partial charge >= 0.3 is 5.97 Å². The number of nitrogens with one attached hydrogen (secondary N) is 1. The van der Waals surface area contributed by atoms with Gasteiger partial charge in [0.05, 0.1) is 11.5 Å². The number of carbonyl (C=O) groups excluding carboxylic acids is 3. The molecule has 0 aliphatic carbocycles. The largest absolute Gasteiger partial charge is 0.452 e. The molecule has 1 aliphatic heterocycles. The smallest absolute Gasteiger partial charge is 0.316 e. The van der Waals surface area contributed by atoms with E-state index in [9.17, 15) is 14.4 Å². The fraction of sp³-hybridized carbons (Fsp3) is 0.526. The summed E-state index contributed by atoms with van der Waals surface area (Å²) in [6.45, 7) is 3.05. The van der Waals surface area contributed by atoms with Gasteiger partial charge in [0.25, 0.3) is 5.91 Å². The average Bonchev–Trinajstić information content (AvgIpc) is 2.92. The van der Waals surface area contributed by atoms with Crippen LogP contribution in [0.3, 0.4) is 0 Å². The van der Waals surface area contributed by atoms with Gasteiger partial charge < -0.3 is 15.0 Å². The standard InChI is InChI=1S/C19H25ClN2O4S/c1-14(19(25)22-10-4-2-3-5-11-22)26-18(24)13-27-12-17(23)21-16-8-6-15(20)7-9-16/h6-9,14H,2-5,10-13H2,1H3,(H,21,23)/t14-/m1/s1. The van der Waals surface area contributed by atoms with E-state index < -0.39 is 12.1 Å². The summed E-state index contributed by atoms with van der Waals surface area (Å²) in [4.78, 5) is 37.9. The Labute approximate surface area is 169 Å². The number of esters is 1. The van der Waals surface area contributed by atoms with Gasteiger partial charge in [-0.3, -0.25) is 14.4 Å². The van der Waals surface area contributed by atoms with Gasteiger partial charge in [-0.2, -0.15) is 0 Å². The zero-order valence-electron chi connectivity index (χ0n) is 15.4. The van der Waals surface area contributed by atoms with Crippen molar-refractivity contribution in [1.29, 1.82) is 0 Å². The van der Waals surface area contributed by atoms with Gasteiger partial charge in [0, 0.05) is 23.8 Å². The minimum absolute atomic E-state index is 0.0195. The van der Waals surface area contributed by atoms with E-state index in [2.05, 4.69) is 5.32 Å². The minimum atomic E-state index is -0.793. The van der Waals surface area contributed by atoms with Gasteiger partial charge in [0.15, 0.2) is 6.10 Å². The molecule has 1 atom stereocenters. The number of carbonyl (C=O) groups is 3. The first-order valence-corrected chi connectivity index (χ1v) is 10.6. The highest BCUT2D eigenvalue weighted by molar-refractivity contribution is 8.00. The lowest BCUT2D eigenvalue weighted by Crippen LogP contribution is -2.40. The molecule has 1 heterocycles. The van der Waals surface area contributed by atoms with Crippen LogP contribution in [0.25, 0.3) is 0 Å². The van der Waals surface area contributed by atoms with Crippen LogP contribution in [-0.2, 0) is 19.1 Å². The van der Waals surface area contributed by atoms with Gasteiger partial charge in [0.2, 0.25) is 5.91 Å². The number of likely N-dealkylation sites (tertiary alicyclic amines) is 1. The Kier molecular flexibility index (Phi) is 8.94.